The molecular formula is C18H22F3N5O. The summed E-state index contributed by atoms with van der Waals surface area (Å²) in [5.41, 5.74) is 0.165. The van der Waals surface area contributed by atoms with Gasteiger partial charge in [0, 0.05) is 50.6 Å². The van der Waals surface area contributed by atoms with Gasteiger partial charge in [0.15, 0.2) is 0 Å². The van der Waals surface area contributed by atoms with Crippen LogP contribution in [0.15, 0.2) is 24.4 Å². The van der Waals surface area contributed by atoms with Crippen LogP contribution >= 0.6 is 0 Å². The summed E-state index contributed by atoms with van der Waals surface area (Å²) >= 11 is 0. The second-order valence-electron chi connectivity index (χ2n) is 6.63. The van der Waals surface area contributed by atoms with Crippen LogP contribution in [0.3, 0.4) is 0 Å². The first-order valence-corrected chi connectivity index (χ1v) is 8.67. The number of ether oxygens (including phenoxy) is 1. The number of rotatable bonds is 4. The van der Waals surface area contributed by atoms with Crippen molar-refractivity contribution in [2.75, 3.05) is 31.6 Å². The van der Waals surface area contributed by atoms with Crippen molar-refractivity contribution >= 4 is 5.82 Å². The van der Waals surface area contributed by atoms with Crippen LogP contribution < -0.4 is 9.64 Å². The van der Waals surface area contributed by atoms with Crippen molar-refractivity contribution in [1.29, 1.82) is 0 Å². The Labute approximate surface area is 156 Å². The third-order valence-electron chi connectivity index (χ3n) is 4.60. The molecule has 0 bridgehead atoms. The molecule has 1 fully saturated rings. The number of alkyl halides is 3. The van der Waals surface area contributed by atoms with Crippen molar-refractivity contribution in [2.45, 2.75) is 32.6 Å². The molecule has 27 heavy (non-hydrogen) atoms. The Balaban J connectivity index is 1.68. The van der Waals surface area contributed by atoms with Crippen molar-refractivity contribution in [1.82, 2.24) is 19.9 Å². The summed E-state index contributed by atoms with van der Waals surface area (Å²) in [4.78, 5) is 16.1. The minimum Gasteiger partial charge on any atom is -0.481 e. The molecule has 9 heteroatoms. The van der Waals surface area contributed by atoms with Gasteiger partial charge in [-0.25, -0.2) is 15.0 Å². The highest BCUT2D eigenvalue weighted by Crippen LogP contribution is 2.30. The number of hydrogen-bond donors (Lipinski definition) is 0. The molecule has 0 radical (unpaired) electrons. The van der Waals surface area contributed by atoms with Gasteiger partial charge in [-0.05, 0) is 19.4 Å². The van der Waals surface area contributed by atoms with Gasteiger partial charge in [0.2, 0.25) is 5.88 Å². The molecule has 1 unspecified atom stereocenters. The molecule has 6 nitrogen and oxygen atoms in total. The van der Waals surface area contributed by atoms with E-state index < -0.39 is 11.9 Å². The van der Waals surface area contributed by atoms with E-state index in [4.69, 9.17) is 4.74 Å². The molecule has 0 amide bonds. The summed E-state index contributed by atoms with van der Waals surface area (Å²) in [6, 6.07) is 4.97. The molecule has 3 rings (SSSR count). The third kappa shape index (κ3) is 4.65. The largest absolute Gasteiger partial charge is 0.481 e. The fourth-order valence-corrected chi connectivity index (χ4v) is 3.16. The Morgan fingerprint density at radius 3 is 2.59 bits per heavy atom. The molecular weight excluding hydrogens is 359 g/mol. The summed E-state index contributed by atoms with van der Waals surface area (Å²) in [7, 11) is 1.57. The Morgan fingerprint density at radius 2 is 2.00 bits per heavy atom. The number of methoxy groups -OCH3 is 1. The maximum absolute atomic E-state index is 13.0. The molecule has 0 saturated carbocycles. The van der Waals surface area contributed by atoms with E-state index in [1.165, 1.54) is 6.92 Å². The Hall–Kier alpha value is -2.42. The number of pyridine rings is 1. The zero-order chi connectivity index (χ0) is 19.6. The van der Waals surface area contributed by atoms with Crippen molar-refractivity contribution in [3.63, 3.8) is 0 Å². The van der Waals surface area contributed by atoms with Gasteiger partial charge < -0.3 is 9.64 Å². The second kappa shape index (κ2) is 7.67. The molecule has 146 valence electrons. The summed E-state index contributed by atoms with van der Waals surface area (Å²) < 4.78 is 44.1. The number of anilines is 1. The molecule has 2 aromatic rings. The van der Waals surface area contributed by atoms with Crippen molar-refractivity contribution in [3.8, 4) is 5.88 Å². The monoisotopic (exact) mass is 381 g/mol. The first kappa shape index (κ1) is 19.3. The van der Waals surface area contributed by atoms with E-state index in [2.05, 4.69) is 26.8 Å². The van der Waals surface area contributed by atoms with Crippen molar-refractivity contribution in [2.24, 2.45) is 0 Å². The van der Waals surface area contributed by atoms with Crippen LogP contribution in [-0.2, 0) is 12.7 Å². The standard InChI is InChI=1S/C18H22F3N5O/c1-12-10-26(16-8-15(18(19,20)21)23-13(2)24-16)7-6-25(12)11-14-4-5-17(27-3)22-9-14/h4-5,8-9,12H,6-7,10-11H2,1-3H3. The lowest BCUT2D eigenvalue weighted by Gasteiger charge is -2.40. The summed E-state index contributed by atoms with van der Waals surface area (Å²) in [6.45, 7) is 6.18. The molecule has 2 aromatic heterocycles. The predicted octanol–water partition coefficient (Wildman–Crippen LogP) is 2.92. The lowest BCUT2D eigenvalue weighted by atomic mass is 10.1. The number of hydrogen-bond acceptors (Lipinski definition) is 6. The van der Waals surface area contributed by atoms with Gasteiger partial charge in [0.05, 0.1) is 7.11 Å². The zero-order valence-corrected chi connectivity index (χ0v) is 15.5. The van der Waals surface area contributed by atoms with E-state index in [9.17, 15) is 13.2 Å². The normalized spacial score (nSPS) is 18.6. The smallest absolute Gasteiger partial charge is 0.433 e. The third-order valence-corrected chi connectivity index (χ3v) is 4.60. The van der Waals surface area contributed by atoms with E-state index in [-0.39, 0.29) is 11.9 Å². The lowest BCUT2D eigenvalue weighted by molar-refractivity contribution is -0.141. The van der Waals surface area contributed by atoms with Crippen LogP contribution in [0.2, 0.25) is 0 Å². The molecule has 3 heterocycles. The van der Waals surface area contributed by atoms with Crippen molar-refractivity contribution < 1.29 is 17.9 Å². The second-order valence-corrected chi connectivity index (χ2v) is 6.63. The first-order valence-electron chi connectivity index (χ1n) is 8.67. The molecule has 1 aliphatic heterocycles. The van der Waals surface area contributed by atoms with Gasteiger partial charge in [0.25, 0.3) is 0 Å². The highest BCUT2D eigenvalue weighted by atomic mass is 19.4. The Bertz CT molecular complexity index is 782. The molecule has 0 aliphatic carbocycles. The topological polar surface area (TPSA) is 54.4 Å². The molecule has 0 spiro atoms. The maximum atomic E-state index is 13.0. The van der Waals surface area contributed by atoms with E-state index in [0.717, 1.165) is 24.7 Å². The minimum absolute atomic E-state index is 0.124. The van der Waals surface area contributed by atoms with Crippen LogP contribution in [-0.4, -0.2) is 52.6 Å². The maximum Gasteiger partial charge on any atom is 0.433 e. The quantitative estimate of drug-likeness (QED) is 0.812. The Kier molecular flexibility index (Phi) is 5.50. The van der Waals surface area contributed by atoms with Gasteiger partial charge in [-0.1, -0.05) is 6.07 Å². The molecule has 1 saturated heterocycles. The van der Waals surface area contributed by atoms with Gasteiger partial charge in [-0.15, -0.1) is 0 Å². The van der Waals surface area contributed by atoms with E-state index >= 15 is 0 Å². The number of piperazine rings is 1. The summed E-state index contributed by atoms with van der Waals surface area (Å²) in [6.07, 6.45) is -2.70. The van der Waals surface area contributed by atoms with Gasteiger partial charge in [0.1, 0.15) is 17.3 Å². The molecule has 1 aliphatic rings. The van der Waals surface area contributed by atoms with Crippen LogP contribution in [0.4, 0.5) is 19.0 Å². The number of aromatic nitrogens is 3. The fourth-order valence-electron chi connectivity index (χ4n) is 3.16. The summed E-state index contributed by atoms with van der Waals surface area (Å²) in [5.74, 6) is 1.02. The van der Waals surface area contributed by atoms with Crippen molar-refractivity contribution in [3.05, 3.63) is 41.5 Å². The van der Waals surface area contributed by atoms with E-state index in [1.807, 2.05) is 17.0 Å². The van der Waals surface area contributed by atoms with Crippen LogP contribution in [0, 0.1) is 6.92 Å². The number of nitrogens with zero attached hydrogens (tertiary/aromatic N) is 5. The van der Waals surface area contributed by atoms with Gasteiger partial charge in [-0.3, -0.25) is 4.90 Å². The van der Waals surface area contributed by atoms with Gasteiger partial charge >= 0.3 is 6.18 Å². The van der Waals surface area contributed by atoms with Gasteiger partial charge in [-0.2, -0.15) is 13.2 Å². The van der Waals surface area contributed by atoms with E-state index in [1.54, 1.807) is 13.3 Å². The zero-order valence-electron chi connectivity index (χ0n) is 15.5. The van der Waals surface area contributed by atoms with Crippen LogP contribution in [0.5, 0.6) is 5.88 Å². The average Bonchev–Trinajstić information content (AvgIpc) is 2.63. The van der Waals surface area contributed by atoms with Crippen LogP contribution in [0.1, 0.15) is 24.0 Å². The fraction of sp³-hybridized carbons (Fsp3) is 0.500. The highest BCUT2D eigenvalue weighted by Gasteiger charge is 2.34. The van der Waals surface area contributed by atoms with Crippen LogP contribution in [0.25, 0.3) is 0 Å². The SMILES string of the molecule is COc1ccc(CN2CCN(c3cc(C(F)(F)F)nc(C)n3)CC2C)cn1. The minimum atomic E-state index is -4.47. The lowest BCUT2D eigenvalue weighted by Crippen LogP contribution is -2.51. The Morgan fingerprint density at radius 1 is 1.22 bits per heavy atom. The number of halogens is 3. The van der Waals surface area contributed by atoms with E-state index in [0.29, 0.717) is 24.8 Å². The molecule has 0 N–H and O–H groups in total. The predicted molar refractivity (Wildman–Crippen MR) is 94.6 cm³/mol. The average molecular weight is 381 g/mol. The molecule has 1 atom stereocenters. The number of aryl methyl sites for hydroxylation is 1. The first-order chi connectivity index (χ1) is 12.8. The summed E-state index contributed by atoms with van der Waals surface area (Å²) in [5, 5.41) is 0. The highest BCUT2D eigenvalue weighted by molar-refractivity contribution is 5.41. The molecule has 0 aromatic carbocycles.